The second-order valence-electron chi connectivity index (χ2n) is 5.13. The van der Waals surface area contributed by atoms with E-state index in [1.165, 1.54) is 44.9 Å². The van der Waals surface area contributed by atoms with E-state index in [4.69, 9.17) is 9.29 Å². The van der Waals surface area contributed by atoms with Crippen molar-refractivity contribution in [3.8, 4) is 0 Å². The molecule has 0 aromatic heterocycles. The van der Waals surface area contributed by atoms with Gasteiger partial charge in [0.15, 0.2) is 5.75 Å². The molecule has 5 nitrogen and oxygen atoms in total. The fraction of sp³-hybridized carbons (Fsp3) is 0.929. The van der Waals surface area contributed by atoms with Crippen molar-refractivity contribution >= 4 is 67.5 Å². The average molecular weight is 348 g/mol. The molecule has 21 heavy (non-hydrogen) atoms. The third-order valence-electron chi connectivity index (χ3n) is 3.06. The standard InChI is InChI=1S/C14H28O5S.K/c1-2-3-4-5-6-7-8-9-10-11-12-19-14(15)13-20(16,17)18;/h2-13H2,1H3,(H,16,17,18);. The van der Waals surface area contributed by atoms with Crippen molar-refractivity contribution < 1.29 is 22.5 Å². The van der Waals surface area contributed by atoms with Crippen molar-refractivity contribution in [2.45, 2.75) is 71.1 Å². The molecule has 0 atom stereocenters. The number of hydrogen-bond donors (Lipinski definition) is 1. The summed E-state index contributed by atoms with van der Waals surface area (Å²) in [5.41, 5.74) is 0. The molecule has 0 fully saturated rings. The minimum Gasteiger partial charge on any atom is -0.465 e. The van der Waals surface area contributed by atoms with Gasteiger partial charge in [0.25, 0.3) is 10.1 Å². The molecule has 1 radical (unpaired) electrons. The molecule has 0 rings (SSSR count). The summed E-state index contributed by atoms with van der Waals surface area (Å²) >= 11 is 0. The van der Waals surface area contributed by atoms with Crippen molar-refractivity contribution in [2.24, 2.45) is 0 Å². The molecule has 1 N–H and O–H groups in total. The molecule has 0 unspecified atom stereocenters. The number of carbonyl (C=O) groups excluding carboxylic acids is 1. The van der Waals surface area contributed by atoms with E-state index in [0.29, 0.717) is 0 Å². The summed E-state index contributed by atoms with van der Waals surface area (Å²) in [5.74, 6) is -1.84. The fourth-order valence-electron chi connectivity index (χ4n) is 1.97. The first-order valence-electron chi connectivity index (χ1n) is 7.56. The predicted molar refractivity (Wildman–Crippen MR) is 85.0 cm³/mol. The van der Waals surface area contributed by atoms with Crippen molar-refractivity contribution in [1.29, 1.82) is 0 Å². The van der Waals surface area contributed by atoms with Gasteiger partial charge in [-0.2, -0.15) is 8.42 Å². The first kappa shape index (κ1) is 24.3. The maximum absolute atomic E-state index is 11.0. The van der Waals surface area contributed by atoms with Gasteiger partial charge in [0.2, 0.25) is 0 Å². The number of esters is 1. The third-order valence-corrected chi connectivity index (χ3v) is 3.66. The molecule has 0 saturated heterocycles. The first-order chi connectivity index (χ1) is 9.45. The van der Waals surface area contributed by atoms with Crippen LogP contribution in [0.1, 0.15) is 71.1 Å². The minimum atomic E-state index is -4.26. The molecule has 0 aliphatic rings. The Balaban J connectivity index is 0. The zero-order valence-corrected chi connectivity index (χ0v) is 17.4. The summed E-state index contributed by atoms with van der Waals surface area (Å²) in [5, 5.41) is 0. The second-order valence-corrected chi connectivity index (χ2v) is 6.58. The van der Waals surface area contributed by atoms with Crippen molar-refractivity contribution in [2.75, 3.05) is 12.4 Å². The van der Waals surface area contributed by atoms with E-state index >= 15 is 0 Å². The van der Waals surface area contributed by atoms with E-state index in [9.17, 15) is 13.2 Å². The number of rotatable bonds is 13. The van der Waals surface area contributed by atoms with Crippen LogP contribution in [0.15, 0.2) is 0 Å². The Morgan fingerprint density at radius 3 is 1.76 bits per heavy atom. The Kier molecular flexibility index (Phi) is 18.4. The number of hydrogen-bond acceptors (Lipinski definition) is 4. The summed E-state index contributed by atoms with van der Waals surface area (Å²) in [4.78, 5) is 11.0. The average Bonchev–Trinajstić information content (AvgIpc) is 2.34. The van der Waals surface area contributed by atoms with Crippen molar-refractivity contribution in [3.63, 3.8) is 0 Å². The topological polar surface area (TPSA) is 80.7 Å². The Morgan fingerprint density at radius 1 is 0.905 bits per heavy atom. The molecule has 0 amide bonds. The van der Waals surface area contributed by atoms with Crippen molar-refractivity contribution in [3.05, 3.63) is 0 Å². The molecule has 0 saturated carbocycles. The van der Waals surface area contributed by atoms with Gasteiger partial charge in [0, 0.05) is 51.4 Å². The molecular weight excluding hydrogens is 319 g/mol. The largest absolute Gasteiger partial charge is 0.465 e. The Morgan fingerprint density at radius 2 is 1.33 bits per heavy atom. The Hall–Kier alpha value is 1.02. The fourth-order valence-corrected chi connectivity index (χ4v) is 2.35. The molecule has 0 aliphatic heterocycles. The van der Waals surface area contributed by atoms with Gasteiger partial charge >= 0.3 is 5.97 Å². The summed E-state index contributed by atoms with van der Waals surface area (Å²) in [6.45, 7) is 2.44. The van der Waals surface area contributed by atoms with Crippen LogP contribution in [0.25, 0.3) is 0 Å². The van der Waals surface area contributed by atoms with Crippen LogP contribution in [-0.2, 0) is 19.6 Å². The molecular formula is C14H28KO5S. The van der Waals surface area contributed by atoms with E-state index in [1.807, 2.05) is 0 Å². The van der Waals surface area contributed by atoms with E-state index < -0.39 is 21.8 Å². The Bertz CT molecular complexity index is 343. The van der Waals surface area contributed by atoms with Gasteiger partial charge in [-0.15, -0.1) is 0 Å². The van der Waals surface area contributed by atoms with Crippen molar-refractivity contribution in [1.82, 2.24) is 0 Å². The maximum atomic E-state index is 11.0. The van der Waals surface area contributed by atoms with Gasteiger partial charge in [-0.3, -0.25) is 9.35 Å². The van der Waals surface area contributed by atoms with Crippen LogP contribution >= 0.6 is 0 Å². The van der Waals surface area contributed by atoms with E-state index in [0.717, 1.165) is 19.3 Å². The first-order valence-corrected chi connectivity index (χ1v) is 9.17. The van der Waals surface area contributed by atoms with E-state index in [2.05, 4.69) is 6.92 Å². The van der Waals surface area contributed by atoms with E-state index in [-0.39, 0.29) is 58.0 Å². The smallest absolute Gasteiger partial charge is 0.323 e. The van der Waals surface area contributed by atoms with Crippen LogP contribution in [0.5, 0.6) is 0 Å². The molecule has 0 bridgehead atoms. The van der Waals surface area contributed by atoms with Gasteiger partial charge in [0.05, 0.1) is 6.61 Å². The molecule has 0 aromatic rings. The maximum Gasteiger partial charge on any atom is 0.323 e. The van der Waals surface area contributed by atoms with E-state index in [1.54, 1.807) is 0 Å². The van der Waals surface area contributed by atoms with Crippen LogP contribution in [0.2, 0.25) is 0 Å². The summed E-state index contributed by atoms with van der Waals surface area (Å²) in [6.07, 6.45) is 11.8. The quantitative estimate of drug-likeness (QED) is 0.240. The second kappa shape index (κ2) is 15.9. The van der Waals surface area contributed by atoms with Gasteiger partial charge < -0.3 is 4.74 Å². The molecule has 0 heterocycles. The zero-order chi connectivity index (χ0) is 15.3. The van der Waals surface area contributed by atoms with Gasteiger partial charge in [-0.1, -0.05) is 64.7 Å². The number of carbonyl (C=O) groups is 1. The van der Waals surface area contributed by atoms with Gasteiger partial charge in [-0.25, -0.2) is 0 Å². The monoisotopic (exact) mass is 347 g/mol. The van der Waals surface area contributed by atoms with Gasteiger partial charge in [-0.05, 0) is 6.42 Å². The number of unbranched alkanes of at least 4 members (excludes halogenated alkanes) is 9. The Labute approximate surface area is 171 Å². The normalized spacial score (nSPS) is 11.0. The SMILES string of the molecule is CCCCCCCCCCCCOC(=O)CS(=O)(=O)O.[K]. The van der Waals surface area contributed by atoms with Crippen LogP contribution < -0.4 is 0 Å². The predicted octanol–water partition coefficient (Wildman–Crippen LogP) is 2.96. The molecule has 0 spiro atoms. The summed E-state index contributed by atoms with van der Waals surface area (Å²) in [7, 11) is -4.26. The third kappa shape index (κ3) is 21.0. The molecule has 7 heteroatoms. The molecule has 121 valence electrons. The molecule has 0 aliphatic carbocycles. The molecule has 0 aromatic carbocycles. The van der Waals surface area contributed by atoms with Crippen LogP contribution in [0.3, 0.4) is 0 Å². The summed E-state index contributed by atoms with van der Waals surface area (Å²) in [6, 6.07) is 0. The number of ether oxygens (including phenoxy) is 1. The van der Waals surface area contributed by atoms with Crippen LogP contribution in [-0.4, -0.2) is 82.7 Å². The summed E-state index contributed by atoms with van der Waals surface area (Å²) < 4.78 is 33.9. The van der Waals surface area contributed by atoms with Crippen LogP contribution in [0, 0.1) is 0 Å². The van der Waals surface area contributed by atoms with Gasteiger partial charge in [0.1, 0.15) is 0 Å². The minimum absolute atomic E-state index is 0. The zero-order valence-electron chi connectivity index (χ0n) is 13.5. The van der Waals surface area contributed by atoms with Crippen LogP contribution in [0.4, 0.5) is 0 Å².